The number of aryl methyl sites for hydroxylation is 1. The highest BCUT2D eigenvalue weighted by Gasteiger charge is 2.25. The average molecular weight is 406 g/mol. The van der Waals surface area contributed by atoms with Gasteiger partial charge in [-0.2, -0.15) is 0 Å². The van der Waals surface area contributed by atoms with Crippen LogP contribution >= 0.6 is 0 Å². The summed E-state index contributed by atoms with van der Waals surface area (Å²) in [4.78, 5) is 14.5. The van der Waals surface area contributed by atoms with Crippen LogP contribution in [0.5, 0.6) is 5.75 Å². The second-order valence-electron chi connectivity index (χ2n) is 6.68. The first kappa shape index (κ1) is 21.7. The smallest absolute Gasteiger partial charge is 0.264 e. The second-order valence-corrected chi connectivity index (χ2v) is 8.65. The van der Waals surface area contributed by atoms with Crippen LogP contribution in [0.2, 0.25) is 0 Å². The Morgan fingerprint density at radius 1 is 1.11 bits per heavy atom. The van der Waals surface area contributed by atoms with Gasteiger partial charge in [0.2, 0.25) is 0 Å². The van der Waals surface area contributed by atoms with Crippen molar-refractivity contribution in [1.82, 2.24) is 10.2 Å². The highest BCUT2D eigenvalue weighted by Crippen LogP contribution is 2.31. The van der Waals surface area contributed by atoms with E-state index in [-0.39, 0.29) is 10.8 Å². The second kappa shape index (κ2) is 9.07. The third-order valence-electron chi connectivity index (χ3n) is 4.38. The maximum Gasteiger partial charge on any atom is 0.264 e. The largest absolute Gasteiger partial charge is 0.495 e. The molecule has 0 bridgehead atoms. The van der Waals surface area contributed by atoms with Gasteiger partial charge in [0.15, 0.2) is 0 Å². The molecule has 2 rings (SSSR count). The Labute approximate surface area is 167 Å². The number of hydrogen-bond acceptors (Lipinski definition) is 5. The van der Waals surface area contributed by atoms with E-state index in [2.05, 4.69) is 5.32 Å². The van der Waals surface area contributed by atoms with Gasteiger partial charge in [0.05, 0.1) is 17.7 Å². The fourth-order valence-electron chi connectivity index (χ4n) is 2.67. The van der Waals surface area contributed by atoms with Crippen LogP contribution < -0.4 is 14.4 Å². The molecule has 0 heterocycles. The molecule has 2 aromatic carbocycles. The summed E-state index contributed by atoms with van der Waals surface area (Å²) >= 11 is 0. The summed E-state index contributed by atoms with van der Waals surface area (Å²) in [6, 6.07) is 11.4. The fraction of sp³-hybridized carbons (Fsp3) is 0.350. The molecule has 0 aliphatic rings. The highest BCUT2D eigenvalue weighted by molar-refractivity contribution is 7.92. The summed E-state index contributed by atoms with van der Waals surface area (Å²) < 4.78 is 32.7. The molecule has 0 aromatic heterocycles. The molecule has 28 heavy (non-hydrogen) atoms. The topological polar surface area (TPSA) is 78.9 Å². The zero-order chi connectivity index (χ0) is 20.9. The number of methoxy groups -OCH3 is 1. The lowest BCUT2D eigenvalue weighted by molar-refractivity contribution is 0.0950. The van der Waals surface area contributed by atoms with Crippen LogP contribution in [0.25, 0.3) is 0 Å². The molecule has 0 saturated carbocycles. The number of amides is 1. The van der Waals surface area contributed by atoms with Crippen LogP contribution in [0.1, 0.15) is 15.9 Å². The predicted octanol–water partition coefficient (Wildman–Crippen LogP) is 2.12. The summed E-state index contributed by atoms with van der Waals surface area (Å²) in [6.45, 7) is 2.95. The minimum absolute atomic E-state index is 0.0456. The van der Waals surface area contributed by atoms with E-state index in [1.54, 1.807) is 37.3 Å². The number of hydrogen-bond donors (Lipinski definition) is 1. The van der Waals surface area contributed by atoms with E-state index >= 15 is 0 Å². The molecule has 0 atom stereocenters. The van der Waals surface area contributed by atoms with Gasteiger partial charge in [0.1, 0.15) is 5.75 Å². The Kier molecular flexibility index (Phi) is 7.04. The zero-order valence-electron chi connectivity index (χ0n) is 16.9. The standard InChI is InChI=1S/C20H27N3O4S/c1-15-10-11-16(14-17(15)20(24)21-12-13-22(2)3)28(25,26)23(4)18-8-6-7-9-19(18)27-5/h6-11,14H,12-13H2,1-5H3,(H,21,24). The molecular formula is C20H27N3O4S. The molecule has 0 aliphatic heterocycles. The van der Waals surface area contributed by atoms with Crippen molar-refractivity contribution >= 4 is 21.6 Å². The number of ether oxygens (including phenoxy) is 1. The molecule has 1 amide bonds. The molecular weight excluding hydrogens is 378 g/mol. The predicted molar refractivity (Wildman–Crippen MR) is 111 cm³/mol. The first-order valence-electron chi connectivity index (χ1n) is 8.84. The molecule has 0 spiro atoms. The van der Waals surface area contributed by atoms with Gasteiger partial charge >= 0.3 is 0 Å². The highest BCUT2D eigenvalue weighted by atomic mass is 32.2. The van der Waals surface area contributed by atoms with Crippen LogP contribution in [0.4, 0.5) is 5.69 Å². The normalized spacial score (nSPS) is 11.4. The molecule has 0 unspecified atom stereocenters. The van der Waals surface area contributed by atoms with Crippen LogP contribution in [-0.2, 0) is 10.0 Å². The number of nitrogens with one attached hydrogen (secondary N) is 1. The zero-order valence-corrected chi connectivity index (χ0v) is 17.7. The maximum absolute atomic E-state index is 13.1. The number of carbonyl (C=O) groups is 1. The molecule has 0 saturated heterocycles. The number of nitrogens with zero attached hydrogens (tertiary/aromatic N) is 2. The number of likely N-dealkylation sites (N-methyl/N-ethyl adjacent to an activating group) is 1. The maximum atomic E-state index is 13.1. The van der Waals surface area contributed by atoms with E-state index in [9.17, 15) is 13.2 Å². The fourth-order valence-corrected chi connectivity index (χ4v) is 3.90. The van der Waals surface area contributed by atoms with Crippen molar-refractivity contribution in [2.75, 3.05) is 45.6 Å². The van der Waals surface area contributed by atoms with Crippen LogP contribution in [-0.4, -0.2) is 60.6 Å². The molecule has 0 aliphatic carbocycles. The van der Waals surface area contributed by atoms with Crippen molar-refractivity contribution < 1.29 is 17.9 Å². The Hall–Kier alpha value is -2.58. The molecule has 152 valence electrons. The summed E-state index contributed by atoms with van der Waals surface area (Å²) in [5.74, 6) is 0.152. The minimum Gasteiger partial charge on any atom is -0.495 e. The lowest BCUT2D eigenvalue weighted by Gasteiger charge is -2.22. The number of anilines is 1. The monoisotopic (exact) mass is 405 g/mol. The van der Waals surface area contributed by atoms with Gasteiger partial charge in [-0.25, -0.2) is 8.42 Å². The summed E-state index contributed by atoms with van der Waals surface area (Å²) in [7, 11) is 2.91. The SMILES string of the molecule is COc1ccccc1N(C)S(=O)(=O)c1ccc(C)c(C(=O)NCCN(C)C)c1. The summed E-state index contributed by atoms with van der Waals surface area (Å²) in [5, 5.41) is 2.82. The number of rotatable bonds is 8. The molecule has 1 N–H and O–H groups in total. The van der Waals surface area contributed by atoms with E-state index in [1.165, 1.54) is 26.3 Å². The third-order valence-corrected chi connectivity index (χ3v) is 6.15. The van der Waals surface area contributed by atoms with Crippen molar-refractivity contribution in [3.8, 4) is 5.75 Å². The molecule has 0 radical (unpaired) electrons. The minimum atomic E-state index is -3.87. The number of carbonyl (C=O) groups excluding carboxylic acids is 1. The van der Waals surface area contributed by atoms with Gasteiger partial charge in [-0.1, -0.05) is 18.2 Å². The van der Waals surface area contributed by atoms with Gasteiger partial charge in [-0.3, -0.25) is 9.10 Å². The van der Waals surface area contributed by atoms with Crippen LogP contribution in [0.15, 0.2) is 47.4 Å². The first-order chi connectivity index (χ1) is 13.2. The van der Waals surface area contributed by atoms with E-state index in [4.69, 9.17) is 4.74 Å². The Balaban J connectivity index is 2.35. The van der Waals surface area contributed by atoms with Gasteiger partial charge < -0.3 is 15.0 Å². The lowest BCUT2D eigenvalue weighted by atomic mass is 10.1. The van der Waals surface area contributed by atoms with Crippen molar-refractivity contribution in [2.45, 2.75) is 11.8 Å². The van der Waals surface area contributed by atoms with Crippen molar-refractivity contribution in [2.24, 2.45) is 0 Å². The number of benzene rings is 2. The van der Waals surface area contributed by atoms with Gasteiger partial charge in [0.25, 0.3) is 15.9 Å². The van der Waals surface area contributed by atoms with Crippen molar-refractivity contribution in [3.05, 3.63) is 53.6 Å². The lowest BCUT2D eigenvalue weighted by Crippen LogP contribution is -2.32. The van der Waals surface area contributed by atoms with E-state index in [0.717, 1.165) is 4.31 Å². The first-order valence-corrected chi connectivity index (χ1v) is 10.3. The number of sulfonamides is 1. The molecule has 7 nitrogen and oxygen atoms in total. The van der Waals surface area contributed by atoms with Crippen molar-refractivity contribution in [1.29, 1.82) is 0 Å². The third kappa shape index (κ3) is 4.82. The van der Waals surface area contributed by atoms with Gasteiger partial charge in [-0.15, -0.1) is 0 Å². The van der Waals surface area contributed by atoms with E-state index < -0.39 is 10.0 Å². The van der Waals surface area contributed by atoms with Gasteiger partial charge in [0, 0.05) is 25.7 Å². The van der Waals surface area contributed by atoms with E-state index in [0.29, 0.717) is 35.7 Å². The van der Waals surface area contributed by atoms with Crippen molar-refractivity contribution in [3.63, 3.8) is 0 Å². The Bertz CT molecular complexity index is 942. The van der Waals surface area contributed by atoms with E-state index in [1.807, 2.05) is 19.0 Å². The average Bonchev–Trinajstić information content (AvgIpc) is 2.67. The summed E-state index contributed by atoms with van der Waals surface area (Å²) in [6.07, 6.45) is 0. The van der Waals surface area contributed by atoms with Crippen LogP contribution in [0.3, 0.4) is 0 Å². The quantitative estimate of drug-likeness (QED) is 0.728. The number of para-hydroxylation sites is 2. The molecule has 8 heteroatoms. The van der Waals surface area contributed by atoms with Gasteiger partial charge in [-0.05, 0) is 50.8 Å². The van der Waals surface area contributed by atoms with Crippen LogP contribution in [0, 0.1) is 6.92 Å². The Morgan fingerprint density at radius 3 is 2.43 bits per heavy atom. The molecule has 2 aromatic rings. The summed E-state index contributed by atoms with van der Waals surface area (Å²) in [5.41, 5.74) is 1.47. The Morgan fingerprint density at radius 2 is 1.79 bits per heavy atom. The molecule has 0 fully saturated rings.